The lowest BCUT2D eigenvalue weighted by Crippen LogP contribution is -2.46. The number of carbonyl (C=O) groups is 3. The van der Waals surface area contributed by atoms with E-state index in [-0.39, 0.29) is 36.1 Å². The van der Waals surface area contributed by atoms with Crippen molar-refractivity contribution in [3.8, 4) is 0 Å². The average Bonchev–Trinajstić information content (AvgIpc) is 2.68. The maximum Gasteiger partial charge on any atom is 0.306 e. The topological polar surface area (TPSA) is 77.9 Å². The monoisotopic (exact) mass is 374 g/mol. The molecule has 2 unspecified atom stereocenters. The van der Waals surface area contributed by atoms with Crippen LogP contribution in [-0.4, -0.2) is 59.4 Å². The molecule has 6 heteroatoms. The van der Waals surface area contributed by atoms with Gasteiger partial charge in [-0.15, -0.1) is 0 Å². The minimum atomic E-state index is -0.798. The Morgan fingerprint density at radius 2 is 1.78 bits per heavy atom. The third-order valence-corrected chi connectivity index (χ3v) is 5.58. The van der Waals surface area contributed by atoms with Gasteiger partial charge in [-0.25, -0.2) is 0 Å². The lowest BCUT2D eigenvalue weighted by Gasteiger charge is -2.33. The van der Waals surface area contributed by atoms with Crippen LogP contribution in [-0.2, 0) is 14.4 Å². The molecular weight excluding hydrogens is 344 g/mol. The first-order valence-electron chi connectivity index (χ1n) is 9.65. The summed E-state index contributed by atoms with van der Waals surface area (Å²) >= 11 is 0. The maximum absolute atomic E-state index is 13.1. The van der Waals surface area contributed by atoms with E-state index in [1.54, 1.807) is 11.9 Å². The van der Waals surface area contributed by atoms with E-state index in [1.165, 1.54) is 4.90 Å². The molecule has 1 fully saturated rings. The number of amides is 2. The maximum atomic E-state index is 13.1. The van der Waals surface area contributed by atoms with Gasteiger partial charge >= 0.3 is 5.97 Å². The number of hydrogen-bond acceptors (Lipinski definition) is 3. The molecule has 6 nitrogen and oxygen atoms in total. The molecule has 0 spiro atoms. The number of benzene rings is 1. The highest BCUT2D eigenvalue weighted by molar-refractivity contribution is 5.88. The van der Waals surface area contributed by atoms with Crippen molar-refractivity contribution in [3.63, 3.8) is 0 Å². The second-order valence-electron chi connectivity index (χ2n) is 7.46. The lowest BCUT2D eigenvalue weighted by molar-refractivity contribution is -0.146. The highest BCUT2D eigenvalue weighted by Crippen LogP contribution is 2.29. The standard InChI is InChI=1S/C21H30N2O4/c1-4-15(2)19(16-8-6-5-7-9-16)20(25)22(3)14-18(24)23-12-10-17(11-13-23)21(26)27/h5-9,15,17,19H,4,10-14H2,1-3H3,(H,26,27). The first kappa shape index (κ1) is 20.9. The molecule has 2 rings (SSSR count). The zero-order valence-electron chi connectivity index (χ0n) is 16.4. The van der Waals surface area contributed by atoms with Crippen LogP contribution in [0.15, 0.2) is 30.3 Å². The third-order valence-electron chi connectivity index (χ3n) is 5.58. The number of rotatable bonds is 7. The first-order chi connectivity index (χ1) is 12.8. The Balaban J connectivity index is 2.00. The van der Waals surface area contributed by atoms with Crippen LogP contribution in [0, 0.1) is 11.8 Å². The van der Waals surface area contributed by atoms with E-state index in [4.69, 9.17) is 5.11 Å². The molecule has 1 aromatic rings. The van der Waals surface area contributed by atoms with E-state index in [2.05, 4.69) is 13.8 Å². The summed E-state index contributed by atoms with van der Waals surface area (Å²) in [6.45, 7) is 5.01. The molecule has 2 atom stereocenters. The molecule has 1 N–H and O–H groups in total. The van der Waals surface area contributed by atoms with Gasteiger partial charge in [0.15, 0.2) is 0 Å². The third kappa shape index (κ3) is 5.31. The Labute approximate surface area is 161 Å². The van der Waals surface area contributed by atoms with Crippen LogP contribution in [0.3, 0.4) is 0 Å². The van der Waals surface area contributed by atoms with Gasteiger partial charge in [-0.3, -0.25) is 14.4 Å². The Bertz CT molecular complexity index is 653. The van der Waals surface area contributed by atoms with Crippen molar-refractivity contribution < 1.29 is 19.5 Å². The molecule has 1 aromatic carbocycles. The molecule has 2 amide bonds. The average molecular weight is 374 g/mol. The molecule has 148 valence electrons. The number of hydrogen-bond donors (Lipinski definition) is 1. The number of carbonyl (C=O) groups excluding carboxylic acids is 2. The summed E-state index contributed by atoms with van der Waals surface area (Å²) in [7, 11) is 1.67. The van der Waals surface area contributed by atoms with Crippen LogP contribution in [0.4, 0.5) is 0 Å². The molecule has 0 bridgehead atoms. The predicted octanol–water partition coefficient (Wildman–Crippen LogP) is 2.60. The smallest absolute Gasteiger partial charge is 0.306 e. The van der Waals surface area contributed by atoms with Gasteiger partial charge in [-0.05, 0) is 24.3 Å². The molecule has 1 saturated heterocycles. The lowest BCUT2D eigenvalue weighted by atomic mass is 9.84. The van der Waals surface area contributed by atoms with E-state index in [9.17, 15) is 14.4 Å². The number of carboxylic acids is 1. The summed E-state index contributed by atoms with van der Waals surface area (Å²) in [6, 6.07) is 9.70. The second kappa shape index (κ2) is 9.53. The Morgan fingerprint density at radius 3 is 2.30 bits per heavy atom. The van der Waals surface area contributed by atoms with E-state index < -0.39 is 5.97 Å². The molecule has 1 heterocycles. The van der Waals surface area contributed by atoms with Crippen molar-refractivity contribution >= 4 is 17.8 Å². The van der Waals surface area contributed by atoms with Crippen molar-refractivity contribution in [2.75, 3.05) is 26.7 Å². The largest absolute Gasteiger partial charge is 0.481 e. The summed E-state index contributed by atoms with van der Waals surface area (Å²) < 4.78 is 0. The van der Waals surface area contributed by atoms with E-state index in [0.29, 0.717) is 25.9 Å². The molecule has 0 aromatic heterocycles. The van der Waals surface area contributed by atoms with Gasteiger partial charge in [-0.1, -0.05) is 50.6 Å². The van der Waals surface area contributed by atoms with Gasteiger partial charge in [-0.2, -0.15) is 0 Å². The summed E-state index contributed by atoms with van der Waals surface area (Å²) in [6.07, 6.45) is 1.81. The highest BCUT2D eigenvalue weighted by atomic mass is 16.4. The van der Waals surface area contributed by atoms with Crippen LogP contribution in [0.5, 0.6) is 0 Å². The summed E-state index contributed by atoms with van der Waals surface area (Å²) in [4.78, 5) is 39.9. The number of carboxylic acid groups (broad SMARTS) is 1. The van der Waals surface area contributed by atoms with Gasteiger partial charge < -0.3 is 14.9 Å². The van der Waals surface area contributed by atoms with Crippen molar-refractivity contribution in [3.05, 3.63) is 35.9 Å². The predicted molar refractivity (Wildman–Crippen MR) is 103 cm³/mol. The summed E-state index contributed by atoms with van der Waals surface area (Å²) in [5.41, 5.74) is 0.971. The molecule has 0 aliphatic carbocycles. The molecule has 27 heavy (non-hydrogen) atoms. The van der Waals surface area contributed by atoms with Crippen LogP contribution in [0.2, 0.25) is 0 Å². The molecular formula is C21H30N2O4. The normalized spacial score (nSPS) is 17.2. The first-order valence-corrected chi connectivity index (χ1v) is 9.65. The van der Waals surface area contributed by atoms with Gasteiger partial charge in [0.05, 0.1) is 18.4 Å². The fourth-order valence-electron chi connectivity index (χ4n) is 3.60. The zero-order chi connectivity index (χ0) is 20.0. The highest BCUT2D eigenvalue weighted by Gasteiger charge is 2.31. The number of likely N-dealkylation sites (N-methyl/N-ethyl adjacent to an activating group) is 1. The zero-order valence-corrected chi connectivity index (χ0v) is 16.4. The minimum absolute atomic E-state index is 0.0241. The number of piperidine rings is 1. The van der Waals surface area contributed by atoms with Gasteiger partial charge in [0.25, 0.3) is 0 Å². The Morgan fingerprint density at radius 1 is 1.19 bits per heavy atom. The van der Waals surface area contributed by atoms with Gasteiger partial charge in [0.2, 0.25) is 11.8 Å². The van der Waals surface area contributed by atoms with E-state index >= 15 is 0 Å². The number of aliphatic carboxylic acids is 1. The van der Waals surface area contributed by atoms with Gasteiger partial charge in [0.1, 0.15) is 0 Å². The molecule has 1 aliphatic heterocycles. The van der Waals surface area contributed by atoms with Crippen molar-refractivity contribution in [1.29, 1.82) is 0 Å². The quantitative estimate of drug-likeness (QED) is 0.796. The molecule has 1 aliphatic rings. The van der Waals surface area contributed by atoms with E-state index in [1.807, 2.05) is 30.3 Å². The number of nitrogens with zero attached hydrogens (tertiary/aromatic N) is 2. The SMILES string of the molecule is CCC(C)C(C(=O)N(C)CC(=O)N1CCC(C(=O)O)CC1)c1ccccc1. The minimum Gasteiger partial charge on any atom is -0.481 e. The molecule has 0 radical (unpaired) electrons. The van der Waals surface area contributed by atoms with Crippen molar-refractivity contribution in [2.24, 2.45) is 11.8 Å². The van der Waals surface area contributed by atoms with Crippen molar-refractivity contribution in [2.45, 2.75) is 39.0 Å². The van der Waals surface area contributed by atoms with Crippen molar-refractivity contribution in [1.82, 2.24) is 9.80 Å². The van der Waals surface area contributed by atoms with Crippen LogP contribution >= 0.6 is 0 Å². The van der Waals surface area contributed by atoms with Crippen LogP contribution in [0.25, 0.3) is 0 Å². The Kier molecular flexibility index (Phi) is 7.39. The summed E-state index contributed by atoms with van der Waals surface area (Å²) in [5.74, 6) is -1.44. The van der Waals surface area contributed by atoms with Crippen LogP contribution in [0.1, 0.15) is 44.6 Å². The van der Waals surface area contributed by atoms with Gasteiger partial charge in [0, 0.05) is 20.1 Å². The summed E-state index contributed by atoms with van der Waals surface area (Å²) in [5, 5.41) is 9.07. The fourth-order valence-corrected chi connectivity index (χ4v) is 3.60. The number of likely N-dealkylation sites (tertiary alicyclic amines) is 1. The molecule has 0 saturated carbocycles. The Hall–Kier alpha value is -2.37. The fraction of sp³-hybridized carbons (Fsp3) is 0.571. The second-order valence-corrected chi connectivity index (χ2v) is 7.46. The van der Waals surface area contributed by atoms with Crippen LogP contribution < -0.4 is 0 Å². The van der Waals surface area contributed by atoms with E-state index in [0.717, 1.165) is 12.0 Å².